The predicted octanol–water partition coefficient (Wildman–Crippen LogP) is 2.08. The molecular weight excluding hydrogens is 380 g/mol. The van der Waals surface area contributed by atoms with Crippen molar-refractivity contribution in [2.24, 2.45) is 11.3 Å². The Labute approximate surface area is 175 Å². The van der Waals surface area contributed by atoms with E-state index in [1.165, 1.54) is 25.7 Å². The van der Waals surface area contributed by atoms with Gasteiger partial charge in [-0.05, 0) is 44.4 Å². The van der Waals surface area contributed by atoms with Gasteiger partial charge in [-0.25, -0.2) is 14.5 Å². The van der Waals surface area contributed by atoms with Crippen LogP contribution in [0.3, 0.4) is 0 Å². The maximum atomic E-state index is 12.8. The second-order valence-electron chi connectivity index (χ2n) is 10.5. The summed E-state index contributed by atoms with van der Waals surface area (Å²) in [6.07, 6.45) is 10.3. The van der Waals surface area contributed by atoms with Crippen molar-refractivity contribution < 1.29 is 4.79 Å². The minimum absolute atomic E-state index is 0.190. The standard InChI is InChI=1S/C21H28N8O/c30-20(27-8-15(9-27)19-23-17(24-25-19)5-13-1-2-13)28-10-21(11-28)6-16(7-21)29-12-22-18(26-29)14-3-4-14/h12-16H,1-11H2,(H,23,24,25). The molecule has 0 unspecified atom stereocenters. The lowest BCUT2D eigenvalue weighted by molar-refractivity contribution is -0.0772. The number of aromatic nitrogens is 6. The number of carbonyl (C=O) groups is 1. The number of urea groups is 1. The van der Waals surface area contributed by atoms with E-state index in [2.05, 4.69) is 29.9 Å². The third-order valence-corrected chi connectivity index (χ3v) is 7.77. The van der Waals surface area contributed by atoms with Crippen molar-refractivity contribution in [1.29, 1.82) is 0 Å². The lowest BCUT2D eigenvalue weighted by Crippen LogP contribution is -2.67. The van der Waals surface area contributed by atoms with E-state index in [1.807, 2.05) is 16.1 Å². The molecule has 2 amide bonds. The Hall–Kier alpha value is -2.45. The molecule has 5 aliphatic rings. The third kappa shape index (κ3) is 2.85. The van der Waals surface area contributed by atoms with Gasteiger partial charge in [-0.2, -0.15) is 5.10 Å². The van der Waals surface area contributed by atoms with Crippen LogP contribution in [0, 0.1) is 11.3 Å². The fourth-order valence-electron chi connectivity index (χ4n) is 5.47. The number of nitrogens with zero attached hydrogens (tertiary/aromatic N) is 7. The molecule has 0 bridgehead atoms. The summed E-state index contributed by atoms with van der Waals surface area (Å²) in [4.78, 5) is 24.6. The summed E-state index contributed by atoms with van der Waals surface area (Å²) >= 11 is 0. The maximum absolute atomic E-state index is 12.8. The minimum atomic E-state index is 0.190. The van der Waals surface area contributed by atoms with Crippen LogP contribution >= 0.6 is 0 Å². The van der Waals surface area contributed by atoms with Gasteiger partial charge in [0.25, 0.3) is 0 Å². The van der Waals surface area contributed by atoms with E-state index in [1.54, 1.807) is 0 Å². The van der Waals surface area contributed by atoms with Gasteiger partial charge in [0.2, 0.25) is 0 Å². The highest BCUT2D eigenvalue weighted by Crippen LogP contribution is 2.54. The van der Waals surface area contributed by atoms with Crippen LogP contribution in [0.1, 0.15) is 73.9 Å². The molecule has 0 aromatic carbocycles. The van der Waals surface area contributed by atoms with Crippen LogP contribution in [0.4, 0.5) is 4.79 Å². The third-order valence-electron chi connectivity index (χ3n) is 7.77. The van der Waals surface area contributed by atoms with Crippen molar-refractivity contribution in [2.45, 2.75) is 62.8 Å². The highest BCUT2D eigenvalue weighted by atomic mass is 16.2. The number of amides is 2. The first kappa shape index (κ1) is 17.3. The maximum Gasteiger partial charge on any atom is 0.320 e. The van der Waals surface area contributed by atoms with E-state index in [0.717, 1.165) is 68.8 Å². The normalized spacial score (nSPS) is 25.9. The SMILES string of the molecule is O=C(N1CC(c2nnc(CC3CC3)[nH]2)C1)N1CC2(CC(n3cnc(C4CC4)n3)C2)C1. The monoisotopic (exact) mass is 408 g/mol. The molecule has 0 radical (unpaired) electrons. The van der Waals surface area contributed by atoms with E-state index in [0.29, 0.717) is 23.3 Å². The Morgan fingerprint density at radius 1 is 1.07 bits per heavy atom. The molecule has 3 aliphatic carbocycles. The Balaban J connectivity index is 0.884. The van der Waals surface area contributed by atoms with Crippen molar-refractivity contribution in [2.75, 3.05) is 26.2 Å². The molecule has 4 heterocycles. The molecular formula is C21H28N8O. The van der Waals surface area contributed by atoms with Gasteiger partial charge in [0.15, 0.2) is 5.82 Å². The van der Waals surface area contributed by atoms with Crippen molar-refractivity contribution in [3.05, 3.63) is 23.8 Å². The zero-order valence-electron chi connectivity index (χ0n) is 17.2. The number of hydrogen-bond acceptors (Lipinski definition) is 5. The molecule has 9 nitrogen and oxygen atoms in total. The quantitative estimate of drug-likeness (QED) is 0.817. The second-order valence-corrected chi connectivity index (χ2v) is 10.5. The largest absolute Gasteiger partial charge is 0.329 e. The number of hydrogen-bond donors (Lipinski definition) is 1. The van der Waals surface area contributed by atoms with Crippen LogP contribution in [0.2, 0.25) is 0 Å². The van der Waals surface area contributed by atoms with Gasteiger partial charge in [-0.1, -0.05) is 0 Å². The Kier molecular flexibility index (Phi) is 3.48. The number of H-pyrrole nitrogens is 1. The first-order valence-corrected chi connectivity index (χ1v) is 11.5. The lowest BCUT2D eigenvalue weighted by Gasteiger charge is -2.59. The number of carbonyl (C=O) groups excluding carboxylic acids is 1. The lowest BCUT2D eigenvalue weighted by atomic mass is 9.61. The van der Waals surface area contributed by atoms with E-state index < -0.39 is 0 Å². The molecule has 7 rings (SSSR count). The molecule has 2 saturated heterocycles. The van der Waals surface area contributed by atoms with E-state index in [-0.39, 0.29) is 6.03 Å². The van der Waals surface area contributed by atoms with Crippen molar-refractivity contribution in [3.63, 3.8) is 0 Å². The van der Waals surface area contributed by atoms with Gasteiger partial charge in [0, 0.05) is 43.9 Å². The average molecular weight is 409 g/mol. The topological polar surface area (TPSA) is 95.8 Å². The van der Waals surface area contributed by atoms with E-state index >= 15 is 0 Å². The average Bonchev–Trinajstić information content (AvgIpc) is 3.54. The van der Waals surface area contributed by atoms with E-state index in [9.17, 15) is 4.79 Å². The van der Waals surface area contributed by atoms with Crippen LogP contribution in [0.5, 0.6) is 0 Å². The smallest absolute Gasteiger partial charge is 0.320 e. The summed E-state index contributed by atoms with van der Waals surface area (Å²) < 4.78 is 2.07. The highest BCUT2D eigenvalue weighted by Gasteiger charge is 2.55. The van der Waals surface area contributed by atoms with E-state index in [4.69, 9.17) is 0 Å². The molecule has 5 fully saturated rings. The molecule has 2 aromatic heterocycles. The van der Waals surface area contributed by atoms with Crippen molar-refractivity contribution in [3.8, 4) is 0 Å². The van der Waals surface area contributed by atoms with Crippen LogP contribution in [-0.4, -0.2) is 72.0 Å². The predicted molar refractivity (Wildman–Crippen MR) is 107 cm³/mol. The molecule has 1 spiro atoms. The molecule has 9 heteroatoms. The molecule has 2 aliphatic heterocycles. The first-order chi connectivity index (χ1) is 14.6. The summed E-state index contributed by atoms with van der Waals surface area (Å²) in [5, 5.41) is 13.3. The molecule has 1 N–H and O–H groups in total. The molecule has 3 saturated carbocycles. The van der Waals surface area contributed by atoms with Crippen molar-refractivity contribution in [1.82, 2.24) is 39.7 Å². The van der Waals surface area contributed by atoms with Gasteiger partial charge >= 0.3 is 6.03 Å². The van der Waals surface area contributed by atoms with Gasteiger partial charge in [0.1, 0.15) is 18.0 Å². The van der Waals surface area contributed by atoms with Crippen LogP contribution in [0.15, 0.2) is 6.33 Å². The molecule has 2 aromatic rings. The van der Waals surface area contributed by atoms with Crippen LogP contribution in [0.25, 0.3) is 0 Å². The number of nitrogens with one attached hydrogen (secondary N) is 1. The zero-order valence-corrected chi connectivity index (χ0v) is 17.2. The number of aromatic amines is 1. The molecule has 158 valence electrons. The fourth-order valence-corrected chi connectivity index (χ4v) is 5.47. The Bertz CT molecular complexity index is 969. The number of likely N-dealkylation sites (tertiary alicyclic amines) is 2. The summed E-state index contributed by atoms with van der Waals surface area (Å²) in [5.41, 5.74) is 0.318. The fraction of sp³-hybridized carbons (Fsp3) is 0.762. The van der Waals surface area contributed by atoms with Gasteiger partial charge in [-0.3, -0.25) is 0 Å². The summed E-state index contributed by atoms with van der Waals surface area (Å²) in [5.74, 6) is 4.72. The van der Waals surface area contributed by atoms with Gasteiger partial charge < -0.3 is 14.8 Å². The summed E-state index contributed by atoms with van der Waals surface area (Å²) in [7, 11) is 0. The molecule has 0 atom stereocenters. The Morgan fingerprint density at radius 2 is 1.87 bits per heavy atom. The number of rotatable bonds is 5. The van der Waals surface area contributed by atoms with Gasteiger partial charge in [-0.15, -0.1) is 10.2 Å². The first-order valence-electron chi connectivity index (χ1n) is 11.5. The van der Waals surface area contributed by atoms with Crippen molar-refractivity contribution >= 4 is 6.03 Å². The second kappa shape index (κ2) is 6.04. The zero-order chi connectivity index (χ0) is 19.9. The van der Waals surface area contributed by atoms with Crippen LogP contribution in [-0.2, 0) is 6.42 Å². The molecule has 30 heavy (non-hydrogen) atoms. The highest BCUT2D eigenvalue weighted by molar-refractivity contribution is 5.76. The van der Waals surface area contributed by atoms with Gasteiger partial charge in [0.05, 0.1) is 12.0 Å². The minimum Gasteiger partial charge on any atom is -0.329 e. The summed E-state index contributed by atoms with van der Waals surface area (Å²) in [6.45, 7) is 3.29. The van der Waals surface area contributed by atoms with Crippen LogP contribution < -0.4 is 0 Å². The Morgan fingerprint density at radius 3 is 2.60 bits per heavy atom. The summed E-state index contributed by atoms with van der Waals surface area (Å²) in [6, 6.07) is 0.654.